The number of hydrogen-bond acceptors (Lipinski definition) is 3. The highest BCUT2D eigenvalue weighted by molar-refractivity contribution is 6.04. The molecule has 1 fully saturated rings. The fourth-order valence-corrected chi connectivity index (χ4v) is 3.91. The van der Waals surface area contributed by atoms with Crippen LogP contribution in [0.25, 0.3) is 0 Å². The molecule has 4 heteroatoms. The minimum atomic E-state index is -0.332. The third-order valence-electron chi connectivity index (χ3n) is 5.54. The van der Waals surface area contributed by atoms with Crippen LogP contribution in [0.15, 0.2) is 18.2 Å². The van der Waals surface area contributed by atoms with Gasteiger partial charge in [0.25, 0.3) is 0 Å². The molecular weight excluding hydrogens is 338 g/mol. The average Bonchev–Trinajstić information content (AvgIpc) is 3.17. The molecule has 0 atom stereocenters. The van der Waals surface area contributed by atoms with E-state index >= 15 is 0 Å². The Morgan fingerprint density at radius 3 is 2.41 bits per heavy atom. The van der Waals surface area contributed by atoms with E-state index in [4.69, 9.17) is 0 Å². The second kappa shape index (κ2) is 11.8. The predicted molar refractivity (Wildman–Crippen MR) is 110 cm³/mol. The lowest BCUT2D eigenvalue weighted by Gasteiger charge is -2.13. The number of carbonyl (C=O) groups excluding carboxylic acids is 2. The van der Waals surface area contributed by atoms with Crippen molar-refractivity contribution in [3.05, 3.63) is 23.8 Å². The maximum atomic E-state index is 12.2. The molecule has 0 bridgehead atoms. The van der Waals surface area contributed by atoms with Gasteiger partial charge in [0, 0.05) is 6.42 Å². The summed E-state index contributed by atoms with van der Waals surface area (Å²) in [5, 5.41) is 12.7. The van der Waals surface area contributed by atoms with Crippen LogP contribution < -0.4 is 5.32 Å². The summed E-state index contributed by atoms with van der Waals surface area (Å²) in [6.07, 6.45) is 13.3. The molecule has 1 aromatic rings. The number of phenols is 1. The quantitative estimate of drug-likeness (QED) is 0.265. The lowest BCUT2D eigenvalue weighted by molar-refractivity contribution is -0.125. The zero-order valence-electron chi connectivity index (χ0n) is 16.8. The number of Topliss-reactive ketones (excluding diaryl/α,β-unsaturated/α-hetero) is 1. The second-order valence-corrected chi connectivity index (χ2v) is 7.89. The maximum Gasteiger partial charge on any atom is 0.231 e. The van der Waals surface area contributed by atoms with Gasteiger partial charge in [-0.1, -0.05) is 64.4 Å². The number of hydrogen-bond donors (Lipinski definition) is 2. The summed E-state index contributed by atoms with van der Waals surface area (Å²) in [5.41, 5.74) is 1.59. The van der Waals surface area contributed by atoms with Crippen molar-refractivity contribution in [3.8, 4) is 5.75 Å². The molecule has 4 nitrogen and oxygen atoms in total. The topological polar surface area (TPSA) is 66.4 Å². The van der Waals surface area contributed by atoms with E-state index in [1.54, 1.807) is 6.07 Å². The van der Waals surface area contributed by atoms with E-state index in [0.29, 0.717) is 18.0 Å². The first kappa shape index (κ1) is 21.5. The smallest absolute Gasteiger partial charge is 0.231 e. The van der Waals surface area contributed by atoms with Gasteiger partial charge < -0.3 is 10.4 Å². The number of unbranched alkanes of at least 4 members (excludes halogenated alkanes) is 6. The van der Waals surface area contributed by atoms with E-state index in [2.05, 4.69) is 12.2 Å². The van der Waals surface area contributed by atoms with Gasteiger partial charge >= 0.3 is 0 Å². The number of amides is 1. The van der Waals surface area contributed by atoms with Crippen molar-refractivity contribution in [2.45, 2.75) is 96.3 Å². The number of ketones is 1. The van der Waals surface area contributed by atoms with Gasteiger partial charge in [-0.15, -0.1) is 0 Å². The van der Waals surface area contributed by atoms with Gasteiger partial charge in [0.15, 0.2) is 0 Å². The average molecular weight is 374 g/mol. The zero-order valence-corrected chi connectivity index (χ0v) is 16.8. The maximum absolute atomic E-state index is 12.2. The number of nitrogens with one attached hydrogen (secondary N) is 1. The lowest BCUT2D eigenvalue weighted by Crippen LogP contribution is -2.16. The number of phenolic OH excluding ortho intramolecular Hbond substituents is 1. The third-order valence-corrected chi connectivity index (χ3v) is 5.54. The molecule has 2 N–H and O–H groups in total. The first-order valence-electron chi connectivity index (χ1n) is 10.7. The highest BCUT2D eigenvalue weighted by Gasteiger charge is 2.19. The number of carbonyl (C=O) groups is 2. The second-order valence-electron chi connectivity index (χ2n) is 7.89. The Labute approximate surface area is 163 Å². The summed E-state index contributed by atoms with van der Waals surface area (Å²) in [7, 11) is 0. The molecule has 0 radical (unpaired) electrons. The van der Waals surface area contributed by atoms with Gasteiger partial charge in [0.05, 0.1) is 12.1 Å². The molecule has 0 heterocycles. The molecule has 0 unspecified atom stereocenters. The van der Waals surface area contributed by atoms with E-state index in [1.165, 1.54) is 44.9 Å². The van der Waals surface area contributed by atoms with Crippen LogP contribution in [0.3, 0.4) is 0 Å². The van der Waals surface area contributed by atoms with Crippen LogP contribution in [-0.2, 0) is 9.59 Å². The summed E-state index contributed by atoms with van der Waals surface area (Å²) in [5.74, 6) is 0.221. The standard InChI is InChI=1S/C23H35NO3/c1-2-3-4-5-6-7-8-13-20(25)17-23(27)24-21-16-19(14-15-22(21)26)18-11-9-10-12-18/h14-16,18,26H,2-13,17H2,1H3,(H,24,27). The molecular formula is C23H35NO3. The molecule has 150 valence electrons. The molecule has 0 aromatic heterocycles. The van der Waals surface area contributed by atoms with E-state index in [0.717, 1.165) is 31.2 Å². The lowest BCUT2D eigenvalue weighted by atomic mass is 9.97. The van der Waals surface area contributed by atoms with Gasteiger partial charge in [-0.3, -0.25) is 9.59 Å². The first-order valence-corrected chi connectivity index (χ1v) is 10.7. The summed E-state index contributed by atoms with van der Waals surface area (Å²) in [4.78, 5) is 24.2. The number of aromatic hydroxyl groups is 1. The van der Waals surface area contributed by atoms with Crippen molar-refractivity contribution in [2.24, 2.45) is 0 Å². The van der Waals surface area contributed by atoms with Crippen molar-refractivity contribution in [2.75, 3.05) is 5.32 Å². The Bertz CT molecular complexity index is 606. The SMILES string of the molecule is CCCCCCCCCC(=O)CC(=O)Nc1cc(C2CCCC2)ccc1O. The van der Waals surface area contributed by atoms with Crippen LogP contribution in [0.2, 0.25) is 0 Å². The van der Waals surface area contributed by atoms with Crippen LogP contribution in [0.5, 0.6) is 5.75 Å². The number of benzene rings is 1. The molecule has 27 heavy (non-hydrogen) atoms. The van der Waals surface area contributed by atoms with Crippen molar-refractivity contribution in [1.82, 2.24) is 0 Å². The molecule has 1 amide bonds. The summed E-state index contributed by atoms with van der Waals surface area (Å²) >= 11 is 0. The number of rotatable bonds is 12. The van der Waals surface area contributed by atoms with Crippen LogP contribution in [0.4, 0.5) is 5.69 Å². The van der Waals surface area contributed by atoms with Gasteiger partial charge in [0.1, 0.15) is 11.5 Å². The predicted octanol–water partition coefficient (Wildman–Crippen LogP) is 6.09. The monoisotopic (exact) mass is 373 g/mol. The highest BCUT2D eigenvalue weighted by atomic mass is 16.3. The van der Waals surface area contributed by atoms with Gasteiger partial charge in [-0.05, 0) is 42.9 Å². The molecule has 0 spiro atoms. The molecule has 1 aromatic carbocycles. The van der Waals surface area contributed by atoms with Crippen LogP contribution in [-0.4, -0.2) is 16.8 Å². The third kappa shape index (κ3) is 7.74. The van der Waals surface area contributed by atoms with Crippen LogP contribution >= 0.6 is 0 Å². The van der Waals surface area contributed by atoms with Gasteiger partial charge in [-0.2, -0.15) is 0 Å². The molecule has 1 aliphatic carbocycles. The van der Waals surface area contributed by atoms with Crippen LogP contribution in [0, 0.1) is 0 Å². The molecule has 1 saturated carbocycles. The summed E-state index contributed by atoms with van der Waals surface area (Å²) in [6.45, 7) is 2.20. The van der Waals surface area contributed by atoms with Crippen molar-refractivity contribution >= 4 is 17.4 Å². The van der Waals surface area contributed by atoms with Crippen LogP contribution in [0.1, 0.15) is 102 Å². The van der Waals surface area contributed by atoms with E-state index in [-0.39, 0.29) is 23.9 Å². The summed E-state index contributed by atoms with van der Waals surface area (Å²) in [6, 6.07) is 5.44. The fraction of sp³-hybridized carbons (Fsp3) is 0.652. The highest BCUT2D eigenvalue weighted by Crippen LogP contribution is 2.37. The minimum Gasteiger partial charge on any atom is -0.506 e. The molecule has 0 saturated heterocycles. The fourth-order valence-electron chi connectivity index (χ4n) is 3.91. The van der Waals surface area contributed by atoms with E-state index < -0.39 is 0 Å². The Morgan fingerprint density at radius 1 is 1.04 bits per heavy atom. The zero-order chi connectivity index (χ0) is 19.5. The summed E-state index contributed by atoms with van der Waals surface area (Å²) < 4.78 is 0. The molecule has 0 aliphatic heterocycles. The van der Waals surface area contributed by atoms with Gasteiger partial charge in [0.2, 0.25) is 5.91 Å². The Balaban J connectivity index is 1.71. The first-order chi connectivity index (χ1) is 13.1. The largest absolute Gasteiger partial charge is 0.506 e. The van der Waals surface area contributed by atoms with Gasteiger partial charge in [-0.25, -0.2) is 0 Å². The van der Waals surface area contributed by atoms with Crippen molar-refractivity contribution in [3.63, 3.8) is 0 Å². The number of anilines is 1. The molecule has 2 rings (SSSR count). The normalized spacial score (nSPS) is 14.4. The van der Waals surface area contributed by atoms with Crippen molar-refractivity contribution < 1.29 is 14.7 Å². The Kier molecular flexibility index (Phi) is 9.37. The Hall–Kier alpha value is -1.84. The van der Waals surface area contributed by atoms with E-state index in [1.807, 2.05) is 12.1 Å². The molecule has 1 aliphatic rings. The van der Waals surface area contributed by atoms with Crippen molar-refractivity contribution in [1.29, 1.82) is 0 Å². The minimum absolute atomic E-state index is 0.0208. The Morgan fingerprint density at radius 2 is 1.70 bits per heavy atom. The van der Waals surface area contributed by atoms with E-state index in [9.17, 15) is 14.7 Å².